The Labute approximate surface area is 154 Å². The van der Waals surface area contributed by atoms with Crippen molar-refractivity contribution in [2.24, 2.45) is 0 Å². The van der Waals surface area contributed by atoms with Crippen LogP contribution in [0, 0.1) is 0 Å². The number of alkyl halides is 2. The van der Waals surface area contributed by atoms with E-state index in [-0.39, 0.29) is 58.7 Å². The normalized spacial score (nSPS) is 17.3. The Kier molecular flexibility index (Phi) is 9.01. The van der Waals surface area contributed by atoms with E-state index in [9.17, 15) is 13.6 Å². The smallest absolute Gasteiger partial charge is 0.387 e. The molecule has 1 aliphatic heterocycles. The molecule has 1 atom stereocenters. The van der Waals surface area contributed by atoms with Crippen LogP contribution in [0.5, 0.6) is 5.75 Å². The summed E-state index contributed by atoms with van der Waals surface area (Å²) >= 11 is 11.7. The number of halogens is 5. The van der Waals surface area contributed by atoms with Crippen molar-refractivity contribution in [1.29, 1.82) is 0 Å². The minimum atomic E-state index is -3.02. The molecule has 1 amide bonds. The molecule has 1 aliphatic rings. The average Bonchev–Trinajstić information content (AvgIpc) is 2.49. The van der Waals surface area contributed by atoms with Gasteiger partial charge in [-0.15, -0.1) is 12.4 Å². The van der Waals surface area contributed by atoms with Gasteiger partial charge in [-0.05, 0) is 12.1 Å². The van der Waals surface area contributed by atoms with Crippen LogP contribution in [0.3, 0.4) is 0 Å². The van der Waals surface area contributed by atoms with Gasteiger partial charge in [0.05, 0.1) is 18.2 Å². The molecule has 1 saturated heterocycles. The summed E-state index contributed by atoms with van der Waals surface area (Å²) in [6.07, 6.45) is 0.222. The molecule has 0 aliphatic carbocycles. The first-order valence-corrected chi connectivity index (χ1v) is 7.72. The van der Waals surface area contributed by atoms with E-state index in [4.69, 9.17) is 27.9 Å². The van der Waals surface area contributed by atoms with Gasteiger partial charge in [-0.3, -0.25) is 4.79 Å². The van der Waals surface area contributed by atoms with Gasteiger partial charge in [0.1, 0.15) is 5.75 Å². The zero-order valence-corrected chi connectivity index (χ0v) is 14.8. The number of rotatable bonds is 6. The molecule has 1 heterocycles. The Balaban J connectivity index is 0.00000288. The fraction of sp³-hybridized carbons (Fsp3) is 0.500. The lowest BCUT2D eigenvalue weighted by Crippen LogP contribution is -2.44. The van der Waals surface area contributed by atoms with Crippen LogP contribution in [0.25, 0.3) is 0 Å². The maximum absolute atomic E-state index is 12.5. The molecule has 0 spiro atoms. The van der Waals surface area contributed by atoms with Crippen LogP contribution < -0.4 is 15.4 Å². The van der Waals surface area contributed by atoms with Gasteiger partial charge in [-0.25, -0.2) is 0 Å². The van der Waals surface area contributed by atoms with E-state index in [0.717, 1.165) is 0 Å². The van der Waals surface area contributed by atoms with Gasteiger partial charge in [-0.2, -0.15) is 8.78 Å². The zero-order chi connectivity index (χ0) is 16.8. The molecule has 0 bridgehead atoms. The second-order valence-corrected chi connectivity index (χ2v) is 5.80. The van der Waals surface area contributed by atoms with Gasteiger partial charge in [0.2, 0.25) is 5.91 Å². The number of carbonyl (C=O) groups excluding carboxylic acids is 1. The highest BCUT2D eigenvalue weighted by atomic mass is 35.5. The largest absolute Gasteiger partial charge is 0.433 e. The van der Waals surface area contributed by atoms with Gasteiger partial charge in [0.25, 0.3) is 0 Å². The molecule has 1 unspecified atom stereocenters. The van der Waals surface area contributed by atoms with E-state index in [1.165, 1.54) is 12.1 Å². The predicted molar refractivity (Wildman–Crippen MR) is 89.4 cm³/mol. The molecule has 2 rings (SSSR count). The van der Waals surface area contributed by atoms with Crippen LogP contribution in [0.1, 0.15) is 12.0 Å². The third kappa shape index (κ3) is 6.57. The standard InChI is InChI=1S/C14H16Cl2F2N2O3.ClH/c15-9-3-8(13(11(16)4-9)23-14(17)18)6-20-12(21)5-10-7-22-2-1-19-10;/h3-4,10,14,19H,1-2,5-7H2,(H,20,21);1H. The molecule has 1 fully saturated rings. The molecule has 0 aromatic heterocycles. The highest BCUT2D eigenvalue weighted by Gasteiger charge is 2.19. The quantitative estimate of drug-likeness (QED) is 0.764. The van der Waals surface area contributed by atoms with Crippen LogP contribution >= 0.6 is 35.6 Å². The molecule has 136 valence electrons. The first kappa shape index (κ1) is 21.2. The van der Waals surface area contributed by atoms with E-state index in [0.29, 0.717) is 19.8 Å². The zero-order valence-electron chi connectivity index (χ0n) is 12.5. The van der Waals surface area contributed by atoms with Gasteiger partial charge in [0.15, 0.2) is 0 Å². The summed E-state index contributed by atoms with van der Waals surface area (Å²) in [6.45, 7) is -1.28. The first-order valence-electron chi connectivity index (χ1n) is 6.96. The van der Waals surface area contributed by atoms with Gasteiger partial charge in [0, 0.05) is 36.1 Å². The van der Waals surface area contributed by atoms with E-state index >= 15 is 0 Å². The van der Waals surface area contributed by atoms with E-state index in [1.54, 1.807) is 0 Å². The van der Waals surface area contributed by atoms with Crippen molar-refractivity contribution in [3.63, 3.8) is 0 Å². The van der Waals surface area contributed by atoms with Crippen molar-refractivity contribution in [2.75, 3.05) is 19.8 Å². The number of ether oxygens (including phenoxy) is 2. The molecule has 10 heteroatoms. The summed E-state index contributed by atoms with van der Waals surface area (Å²) in [5.41, 5.74) is 0.281. The summed E-state index contributed by atoms with van der Waals surface area (Å²) < 4.78 is 34.6. The van der Waals surface area contributed by atoms with E-state index in [2.05, 4.69) is 15.4 Å². The third-order valence-corrected chi connectivity index (χ3v) is 3.70. The Hall–Kier alpha value is -0.860. The molecule has 2 N–H and O–H groups in total. The number of nitrogens with one attached hydrogen (secondary N) is 2. The Morgan fingerprint density at radius 1 is 1.46 bits per heavy atom. The van der Waals surface area contributed by atoms with Crippen LogP contribution in [0.15, 0.2) is 12.1 Å². The van der Waals surface area contributed by atoms with Crippen LogP contribution in [0.2, 0.25) is 10.0 Å². The number of hydrogen-bond acceptors (Lipinski definition) is 4. The van der Waals surface area contributed by atoms with Crippen molar-refractivity contribution in [3.8, 4) is 5.75 Å². The highest BCUT2D eigenvalue weighted by molar-refractivity contribution is 6.35. The molecular weight excluding hydrogens is 389 g/mol. The van der Waals surface area contributed by atoms with E-state index in [1.807, 2.05) is 0 Å². The summed E-state index contributed by atoms with van der Waals surface area (Å²) in [5, 5.41) is 6.02. The maximum atomic E-state index is 12.5. The second-order valence-electron chi connectivity index (χ2n) is 4.96. The lowest BCUT2D eigenvalue weighted by molar-refractivity contribution is -0.122. The predicted octanol–water partition coefficient (Wildman–Crippen LogP) is 3.01. The van der Waals surface area contributed by atoms with Crippen molar-refractivity contribution in [3.05, 3.63) is 27.7 Å². The Bertz CT molecular complexity index is 558. The molecule has 24 heavy (non-hydrogen) atoms. The lowest BCUT2D eigenvalue weighted by Gasteiger charge is -2.23. The van der Waals surface area contributed by atoms with E-state index < -0.39 is 6.61 Å². The summed E-state index contributed by atoms with van der Waals surface area (Å²) in [5.74, 6) is -0.433. The highest BCUT2D eigenvalue weighted by Crippen LogP contribution is 2.33. The van der Waals surface area contributed by atoms with Crippen molar-refractivity contribution < 1.29 is 23.0 Å². The minimum Gasteiger partial charge on any atom is -0.433 e. The van der Waals surface area contributed by atoms with Gasteiger partial charge < -0.3 is 20.1 Å². The van der Waals surface area contributed by atoms with Gasteiger partial charge >= 0.3 is 6.61 Å². The number of benzene rings is 1. The van der Waals surface area contributed by atoms with Crippen LogP contribution in [-0.4, -0.2) is 38.3 Å². The van der Waals surface area contributed by atoms with Crippen molar-refractivity contribution >= 4 is 41.5 Å². The molecule has 1 aromatic rings. The lowest BCUT2D eigenvalue weighted by atomic mass is 10.1. The number of carbonyl (C=O) groups is 1. The van der Waals surface area contributed by atoms with Crippen molar-refractivity contribution in [2.45, 2.75) is 25.6 Å². The molecular formula is C14H17Cl3F2N2O3. The van der Waals surface area contributed by atoms with Crippen molar-refractivity contribution in [1.82, 2.24) is 10.6 Å². The molecule has 1 aromatic carbocycles. The third-order valence-electron chi connectivity index (χ3n) is 3.20. The van der Waals surface area contributed by atoms with Crippen LogP contribution in [-0.2, 0) is 16.1 Å². The number of hydrogen-bond donors (Lipinski definition) is 2. The summed E-state index contributed by atoms with van der Waals surface area (Å²) in [6, 6.07) is 2.66. The first-order chi connectivity index (χ1) is 11.0. The number of morpholine rings is 1. The molecule has 0 saturated carbocycles. The topological polar surface area (TPSA) is 59.6 Å². The van der Waals surface area contributed by atoms with Crippen LogP contribution in [0.4, 0.5) is 8.78 Å². The fourth-order valence-corrected chi connectivity index (χ4v) is 2.79. The molecule has 0 radical (unpaired) electrons. The SMILES string of the molecule is Cl.O=C(CC1COCCN1)NCc1cc(Cl)cc(Cl)c1OC(F)F. The summed E-state index contributed by atoms with van der Waals surface area (Å²) in [4.78, 5) is 11.9. The fourth-order valence-electron chi connectivity index (χ4n) is 2.21. The second kappa shape index (κ2) is 10.2. The summed E-state index contributed by atoms with van der Waals surface area (Å²) in [7, 11) is 0. The monoisotopic (exact) mass is 404 g/mol. The Morgan fingerprint density at radius 2 is 2.21 bits per heavy atom. The Morgan fingerprint density at radius 3 is 2.83 bits per heavy atom. The number of amides is 1. The molecule has 5 nitrogen and oxygen atoms in total. The van der Waals surface area contributed by atoms with Gasteiger partial charge in [-0.1, -0.05) is 23.2 Å². The minimum absolute atomic E-state index is 0. The maximum Gasteiger partial charge on any atom is 0.387 e. The average molecular weight is 406 g/mol.